The van der Waals surface area contributed by atoms with Gasteiger partial charge in [-0.05, 0) is 43.5 Å². The molecule has 4 heteroatoms. The van der Waals surface area contributed by atoms with Crippen molar-refractivity contribution < 1.29 is 9.53 Å². The molecule has 0 amide bonds. The summed E-state index contributed by atoms with van der Waals surface area (Å²) in [5, 5.41) is 0.491. The van der Waals surface area contributed by atoms with Gasteiger partial charge in [0.15, 0.2) is 5.78 Å². The predicted molar refractivity (Wildman–Crippen MR) is 81.8 cm³/mol. The molecular weight excluding hydrogens is 274 g/mol. The second-order valence-electron chi connectivity index (χ2n) is 5.57. The van der Waals surface area contributed by atoms with Gasteiger partial charge in [0.05, 0.1) is 12.1 Å². The number of ether oxygens (including phenoxy) is 1. The fraction of sp³-hybridized carbons (Fsp3) is 0.562. The minimum absolute atomic E-state index is 0.146. The molecule has 1 aromatic carbocycles. The molecule has 0 saturated carbocycles. The van der Waals surface area contributed by atoms with Crippen LogP contribution in [0.25, 0.3) is 0 Å². The van der Waals surface area contributed by atoms with Crippen molar-refractivity contribution in [2.75, 3.05) is 26.7 Å². The van der Waals surface area contributed by atoms with Crippen LogP contribution in [0.15, 0.2) is 18.2 Å². The number of hydrogen-bond donors (Lipinski definition) is 0. The topological polar surface area (TPSA) is 29.5 Å². The van der Waals surface area contributed by atoms with Crippen molar-refractivity contribution >= 4 is 17.4 Å². The van der Waals surface area contributed by atoms with Crippen LogP contribution in [0.5, 0.6) is 5.75 Å². The fourth-order valence-electron chi connectivity index (χ4n) is 2.73. The van der Waals surface area contributed by atoms with E-state index in [2.05, 4.69) is 11.8 Å². The van der Waals surface area contributed by atoms with E-state index in [4.69, 9.17) is 16.3 Å². The number of nitrogens with zero attached hydrogens (tertiary/aromatic N) is 1. The minimum atomic E-state index is 0.146. The quantitative estimate of drug-likeness (QED) is 0.777. The standard InChI is InChI=1S/C16H22ClNO2/c1-12-4-3-8-18(11-12)9-7-15(19)13-5-6-16(20-2)14(17)10-13/h5-6,10,12H,3-4,7-9,11H2,1-2H3. The van der Waals surface area contributed by atoms with Crippen LogP contribution in [0, 0.1) is 5.92 Å². The number of halogens is 1. The van der Waals surface area contributed by atoms with E-state index in [1.807, 2.05) is 0 Å². The van der Waals surface area contributed by atoms with Crippen molar-refractivity contribution in [3.63, 3.8) is 0 Å². The number of carbonyl (C=O) groups excluding carboxylic acids is 1. The number of likely N-dealkylation sites (tertiary alicyclic amines) is 1. The Morgan fingerprint density at radius 3 is 2.95 bits per heavy atom. The first kappa shape index (κ1) is 15.3. The van der Waals surface area contributed by atoms with Gasteiger partial charge < -0.3 is 9.64 Å². The first-order valence-electron chi connectivity index (χ1n) is 7.19. The number of methoxy groups -OCH3 is 1. The SMILES string of the molecule is COc1ccc(C(=O)CCN2CCCC(C)C2)cc1Cl. The maximum atomic E-state index is 12.2. The molecule has 1 aliphatic heterocycles. The monoisotopic (exact) mass is 295 g/mol. The molecule has 1 heterocycles. The zero-order valence-corrected chi connectivity index (χ0v) is 12.9. The normalized spacial score (nSPS) is 19.9. The largest absolute Gasteiger partial charge is 0.495 e. The molecule has 1 fully saturated rings. The summed E-state index contributed by atoms with van der Waals surface area (Å²) in [5.41, 5.74) is 0.667. The minimum Gasteiger partial charge on any atom is -0.495 e. The molecule has 3 nitrogen and oxygen atoms in total. The van der Waals surface area contributed by atoms with Gasteiger partial charge in [-0.3, -0.25) is 4.79 Å². The third kappa shape index (κ3) is 3.97. The van der Waals surface area contributed by atoms with E-state index < -0.39 is 0 Å². The molecule has 110 valence electrons. The molecule has 0 aliphatic carbocycles. The van der Waals surface area contributed by atoms with Crippen molar-refractivity contribution in [2.24, 2.45) is 5.92 Å². The van der Waals surface area contributed by atoms with Crippen LogP contribution in [0.4, 0.5) is 0 Å². The Morgan fingerprint density at radius 2 is 2.30 bits per heavy atom. The lowest BCUT2D eigenvalue weighted by Crippen LogP contribution is -2.35. The summed E-state index contributed by atoms with van der Waals surface area (Å²) in [6, 6.07) is 5.23. The van der Waals surface area contributed by atoms with E-state index in [1.54, 1.807) is 25.3 Å². The third-order valence-electron chi connectivity index (χ3n) is 3.87. The number of hydrogen-bond acceptors (Lipinski definition) is 3. The lowest BCUT2D eigenvalue weighted by atomic mass is 9.99. The summed E-state index contributed by atoms with van der Waals surface area (Å²) < 4.78 is 5.10. The van der Waals surface area contributed by atoms with Crippen LogP contribution < -0.4 is 4.74 Å². The Kier molecular flexibility index (Phi) is 5.44. The van der Waals surface area contributed by atoms with Crippen LogP contribution in [-0.2, 0) is 0 Å². The van der Waals surface area contributed by atoms with Crippen LogP contribution in [-0.4, -0.2) is 37.4 Å². The Hall–Kier alpha value is -1.06. The predicted octanol–water partition coefficient (Wildman–Crippen LogP) is 3.65. The Bertz CT molecular complexity index is 476. The highest BCUT2D eigenvalue weighted by atomic mass is 35.5. The summed E-state index contributed by atoms with van der Waals surface area (Å²) in [5.74, 6) is 1.50. The van der Waals surface area contributed by atoms with E-state index in [-0.39, 0.29) is 5.78 Å². The third-order valence-corrected chi connectivity index (χ3v) is 4.17. The summed E-state index contributed by atoms with van der Waals surface area (Å²) in [6.45, 7) is 5.34. The Labute approximate surface area is 125 Å². The second kappa shape index (κ2) is 7.09. The van der Waals surface area contributed by atoms with Crippen LogP contribution in [0.2, 0.25) is 5.02 Å². The smallest absolute Gasteiger partial charge is 0.164 e. The first-order valence-corrected chi connectivity index (χ1v) is 7.57. The summed E-state index contributed by atoms with van der Waals surface area (Å²) in [7, 11) is 1.57. The highest BCUT2D eigenvalue weighted by molar-refractivity contribution is 6.32. The van der Waals surface area contributed by atoms with Crippen LogP contribution >= 0.6 is 11.6 Å². The molecule has 0 aromatic heterocycles. The number of carbonyl (C=O) groups is 1. The summed E-state index contributed by atoms with van der Waals surface area (Å²) >= 11 is 6.05. The maximum absolute atomic E-state index is 12.2. The second-order valence-corrected chi connectivity index (χ2v) is 5.98. The number of Topliss-reactive ketones (excluding diaryl/α,β-unsaturated/α-hetero) is 1. The van der Waals surface area contributed by atoms with Gasteiger partial charge in [0, 0.05) is 25.1 Å². The van der Waals surface area contributed by atoms with E-state index in [1.165, 1.54) is 12.8 Å². The molecule has 1 unspecified atom stereocenters. The molecule has 2 rings (SSSR count). The highest BCUT2D eigenvalue weighted by Gasteiger charge is 2.17. The van der Waals surface area contributed by atoms with Crippen molar-refractivity contribution in [3.8, 4) is 5.75 Å². The highest BCUT2D eigenvalue weighted by Crippen LogP contribution is 2.25. The number of ketones is 1. The van der Waals surface area contributed by atoms with Gasteiger partial charge in [-0.25, -0.2) is 0 Å². The zero-order chi connectivity index (χ0) is 14.5. The molecule has 0 spiro atoms. The molecule has 0 bridgehead atoms. The van der Waals surface area contributed by atoms with E-state index in [0.29, 0.717) is 22.8 Å². The Balaban J connectivity index is 1.90. The molecular formula is C16H22ClNO2. The summed E-state index contributed by atoms with van der Waals surface area (Å²) in [4.78, 5) is 14.6. The van der Waals surface area contributed by atoms with Crippen LogP contribution in [0.3, 0.4) is 0 Å². The van der Waals surface area contributed by atoms with Crippen molar-refractivity contribution in [1.29, 1.82) is 0 Å². The zero-order valence-electron chi connectivity index (χ0n) is 12.2. The average molecular weight is 296 g/mol. The van der Waals surface area contributed by atoms with Crippen molar-refractivity contribution in [1.82, 2.24) is 4.90 Å². The summed E-state index contributed by atoms with van der Waals surface area (Å²) in [6.07, 6.45) is 3.09. The molecule has 1 atom stereocenters. The Morgan fingerprint density at radius 1 is 1.50 bits per heavy atom. The van der Waals surface area contributed by atoms with Gasteiger partial charge in [-0.1, -0.05) is 18.5 Å². The molecule has 0 N–H and O–H groups in total. The van der Waals surface area contributed by atoms with E-state index in [0.717, 1.165) is 25.6 Å². The van der Waals surface area contributed by atoms with Gasteiger partial charge in [-0.2, -0.15) is 0 Å². The average Bonchev–Trinajstić information content (AvgIpc) is 2.44. The van der Waals surface area contributed by atoms with Crippen molar-refractivity contribution in [3.05, 3.63) is 28.8 Å². The molecule has 20 heavy (non-hydrogen) atoms. The van der Waals surface area contributed by atoms with Gasteiger partial charge in [0.2, 0.25) is 0 Å². The van der Waals surface area contributed by atoms with Gasteiger partial charge in [0.25, 0.3) is 0 Å². The first-order chi connectivity index (χ1) is 9.60. The van der Waals surface area contributed by atoms with Gasteiger partial charge in [0.1, 0.15) is 5.75 Å². The number of piperidine rings is 1. The maximum Gasteiger partial charge on any atom is 0.164 e. The van der Waals surface area contributed by atoms with Crippen molar-refractivity contribution in [2.45, 2.75) is 26.2 Å². The lowest BCUT2D eigenvalue weighted by molar-refractivity contribution is 0.0949. The molecule has 1 aromatic rings. The molecule has 1 aliphatic rings. The van der Waals surface area contributed by atoms with Gasteiger partial charge >= 0.3 is 0 Å². The van der Waals surface area contributed by atoms with E-state index >= 15 is 0 Å². The fourth-order valence-corrected chi connectivity index (χ4v) is 2.99. The van der Waals surface area contributed by atoms with Gasteiger partial charge in [-0.15, -0.1) is 0 Å². The number of rotatable bonds is 5. The molecule has 0 radical (unpaired) electrons. The van der Waals surface area contributed by atoms with E-state index in [9.17, 15) is 4.79 Å². The lowest BCUT2D eigenvalue weighted by Gasteiger charge is -2.30. The van der Waals surface area contributed by atoms with Crippen LogP contribution in [0.1, 0.15) is 36.5 Å². The number of benzene rings is 1. The molecule has 1 saturated heterocycles.